The van der Waals surface area contributed by atoms with E-state index in [9.17, 15) is 27.6 Å². The van der Waals surface area contributed by atoms with Crippen molar-refractivity contribution in [1.82, 2.24) is 15.1 Å². The Hall–Kier alpha value is -2.00. The molecule has 2 heterocycles. The number of carbonyl (C=O) groups is 3. The zero-order valence-electron chi connectivity index (χ0n) is 12.3. The number of aliphatic carboxylic acids is 1. The van der Waals surface area contributed by atoms with E-state index in [0.29, 0.717) is 17.7 Å². The largest absolute Gasteiger partial charge is 0.481 e. The maximum Gasteiger partial charge on any atom is 0.406 e. The van der Waals surface area contributed by atoms with Crippen LogP contribution in [0.5, 0.6) is 0 Å². The van der Waals surface area contributed by atoms with Crippen LogP contribution in [0.25, 0.3) is 0 Å². The van der Waals surface area contributed by atoms with Gasteiger partial charge in [0.2, 0.25) is 5.91 Å². The summed E-state index contributed by atoms with van der Waals surface area (Å²) in [7, 11) is 0. The molecule has 7 nitrogen and oxygen atoms in total. The van der Waals surface area contributed by atoms with E-state index < -0.39 is 42.6 Å². The van der Waals surface area contributed by atoms with Crippen LogP contribution in [-0.2, 0) is 9.59 Å². The van der Waals surface area contributed by atoms with Gasteiger partial charge in [0, 0.05) is 19.6 Å². The quantitative estimate of drug-likeness (QED) is 0.791. The molecule has 0 spiro atoms. The van der Waals surface area contributed by atoms with E-state index in [2.05, 4.69) is 5.32 Å². The van der Waals surface area contributed by atoms with Gasteiger partial charge in [0.05, 0.1) is 5.92 Å². The minimum absolute atomic E-state index is 0.00944. The van der Waals surface area contributed by atoms with Crippen LogP contribution in [0.2, 0.25) is 0 Å². The van der Waals surface area contributed by atoms with Crippen molar-refractivity contribution in [2.24, 2.45) is 5.92 Å². The van der Waals surface area contributed by atoms with E-state index in [4.69, 9.17) is 5.11 Å². The van der Waals surface area contributed by atoms with Gasteiger partial charge in [-0.1, -0.05) is 0 Å². The summed E-state index contributed by atoms with van der Waals surface area (Å²) in [6.45, 7) is -1.04. The summed E-state index contributed by atoms with van der Waals surface area (Å²) >= 11 is 0. The number of alkyl halides is 3. The lowest BCUT2D eigenvalue weighted by Gasteiger charge is -2.33. The zero-order chi connectivity index (χ0) is 17.2. The molecule has 0 aromatic heterocycles. The summed E-state index contributed by atoms with van der Waals surface area (Å²) in [6.07, 6.45) is -3.52. The van der Waals surface area contributed by atoms with Gasteiger partial charge in [-0.3, -0.25) is 9.59 Å². The SMILES string of the molecule is O=C(O)C1CCN(C(=O)NC2CCCN(CC(F)(F)F)C2=O)C1. The lowest BCUT2D eigenvalue weighted by atomic mass is 10.0. The van der Waals surface area contributed by atoms with Crippen molar-refractivity contribution in [2.75, 3.05) is 26.2 Å². The zero-order valence-corrected chi connectivity index (χ0v) is 12.3. The molecule has 0 saturated carbocycles. The Kier molecular flexibility index (Phi) is 5.00. The topological polar surface area (TPSA) is 89.9 Å². The molecule has 130 valence electrons. The minimum atomic E-state index is -4.48. The molecule has 0 bridgehead atoms. The fraction of sp³-hybridized carbons (Fsp3) is 0.769. The van der Waals surface area contributed by atoms with E-state index >= 15 is 0 Å². The molecule has 2 unspecified atom stereocenters. The number of likely N-dealkylation sites (tertiary alicyclic amines) is 2. The smallest absolute Gasteiger partial charge is 0.406 e. The highest BCUT2D eigenvalue weighted by Gasteiger charge is 2.39. The molecule has 2 aliphatic rings. The third kappa shape index (κ3) is 4.49. The van der Waals surface area contributed by atoms with Gasteiger partial charge >= 0.3 is 18.2 Å². The van der Waals surface area contributed by atoms with E-state index in [0.717, 1.165) is 0 Å². The second kappa shape index (κ2) is 6.63. The highest BCUT2D eigenvalue weighted by molar-refractivity contribution is 5.88. The summed E-state index contributed by atoms with van der Waals surface area (Å²) in [5.74, 6) is -2.40. The number of hydrogen-bond acceptors (Lipinski definition) is 3. The molecule has 2 atom stereocenters. The molecule has 0 aliphatic carbocycles. The van der Waals surface area contributed by atoms with Crippen LogP contribution in [0, 0.1) is 5.92 Å². The number of amides is 3. The number of halogens is 3. The fourth-order valence-electron chi connectivity index (χ4n) is 2.83. The van der Waals surface area contributed by atoms with Crippen LogP contribution in [-0.4, -0.2) is 71.2 Å². The monoisotopic (exact) mass is 337 g/mol. The number of nitrogens with zero attached hydrogens (tertiary/aromatic N) is 2. The Labute approximate surface area is 130 Å². The van der Waals surface area contributed by atoms with Gasteiger partial charge in [0.15, 0.2) is 0 Å². The third-order valence-electron chi connectivity index (χ3n) is 4.02. The predicted molar refractivity (Wildman–Crippen MR) is 71.5 cm³/mol. The number of carbonyl (C=O) groups excluding carboxylic acids is 2. The first-order valence-corrected chi connectivity index (χ1v) is 7.31. The molecule has 2 N–H and O–H groups in total. The molecule has 23 heavy (non-hydrogen) atoms. The van der Waals surface area contributed by atoms with E-state index in [1.807, 2.05) is 0 Å². The molecular formula is C13H18F3N3O4. The van der Waals surface area contributed by atoms with Crippen LogP contribution in [0.3, 0.4) is 0 Å². The van der Waals surface area contributed by atoms with Crippen molar-refractivity contribution in [2.45, 2.75) is 31.5 Å². The molecular weight excluding hydrogens is 319 g/mol. The molecule has 0 radical (unpaired) electrons. The summed E-state index contributed by atoms with van der Waals surface area (Å²) in [4.78, 5) is 36.9. The van der Waals surface area contributed by atoms with Crippen LogP contribution in [0.4, 0.5) is 18.0 Å². The Balaban J connectivity index is 1.90. The Morgan fingerprint density at radius 3 is 2.52 bits per heavy atom. The molecule has 2 aliphatic heterocycles. The van der Waals surface area contributed by atoms with E-state index in [1.54, 1.807) is 0 Å². The Morgan fingerprint density at radius 1 is 1.26 bits per heavy atom. The third-order valence-corrected chi connectivity index (χ3v) is 4.02. The second-order valence-corrected chi connectivity index (χ2v) is 5.79. The Morgan fingerprint density at radius 2 is 1.96 bits per heavy atom. The number of rotatable bonds is 3. The van der Waals surface area contributed by atoms with Gasteiger partial charge in [0.25, 0.3) is 0 Å². The molecule has 0 aromatic rings. The van der Waals surface area contributed by atoms with Crippen LogP contribution in [0.15, 0.2) is 0 Å². The van der Waals surface area contributed by atoms with Crippen LogP contribution in [0.1, 0.15) is 19.3 Å². The Bertz CT molecular complexity index is 497. The molecule has 2 fully saturated rings. The number of piperidine rings is 1. The summed E-state index contributed by atoms with van der Waals surface area (Å²) in [5, 5.41) is 11.3. The minimum Gasteiger partial charge on any atom is -0.481 e. The van der Waals surface area contributed by atoms with Crippen molar-refractivity contribution in [1.29, 1.82) is 0 Å². The van der Waals surface area contributed by atoms with Crippen molar-refractivity contribution in [3.8, 4) is 0 Å². The first-order chi connectivity index (χ1) is 10.7. The van der Waals surface area contributed by atoms with Gasteiger partial charge in [-0.15, -0.1) is 0 Å². The number of carboxylic acid groups (broad SMARTS) is 1. The van der Waals surface area contributed by atoms with Gasteiger partial charge in [-0.05, 0) is 19.3 Å². The first kappa shape index (κ1) is 17.4. The fourth-order valence-corrected chi connectivity index (χ4v) is 2.83. The number of hydrogen-bond donors (Lipinski definition) is 2. The average molecular weight is 337 g/mol. The van der Waals surface area contributed by atoms with Gasteiger partial charge < -0.3 is 20.2 Å². The first-order valence-electron chi connectivity index (χ1n) is 7.31. The number of nitrogens with one attached hydrogen (secondary N) is 1. The lowest BCUT2D eigenvalue weighted by Crippen LogP contribution is -2.56. The predicted octanol–water partition coefficient (Wildman–Crippen LogP) is 0.656. The van der Waals surface area contributed by atoms with E-state index in [-0.39, 0.29) is 26.1 Å². The molecule has 3 amide bonds. The second-order valence-electron chi connectivity index (χ2n) is 5.79. The van der Waals surface area contributed by atoms with Gasteiger partial charge in [-0.2, -0.15) is 13.2 Å². The molecule has 2 rings (SSSR count). The lowest BCUT2D eigenvalue weighted by molar-refractivity contribution is -0.164. The average Bonchev–Trinajstić information content (AvgIpc) is 2.91. The molecule has 10 heteroatoms. The van der Waals surface area contributed by atoms with Gasteiger partial charge in [-0.25, -0.2) is 4.79 Å². The van der Waals surface area contributed by atoms with Crippen molar-refractivity contribution in [3.63, 3.8) is 0 Å². The number of carboxylic acids is 1. The van der Waals surface area contributed by atoms with Crippen LogP contribution >= 0.6 is 0 Å². The highest BCUT2D eigenvalue weighted by atomic mass is 19.4. The van der Waals surface area contributed by atoms with Crippen molar-refractivity contribution < 1.29 is 32.7 Å². The summed E-state index contributed by atoms with van der Waals surface area (Å²) < 4.78 is 37.3. The van der Waals surface area contributed by atoms with Crippen molar-refractivity contribution >= 4 is 17.9 Å². The summed E-state index contributed by atoms with van der Waals surface area (Å²) in [6, 6.07) is -1.61. The van der Waals surface area contributed by atoms with E-state index in [1.165, 1.54) is 4.90 Å². The molecule has 2 saturated heterocycles. The maximum absolute atomic E-state index is 12.4. The van der Waals surface area contributed by atoms with Gasteiger partial charge in [0.1, 0.15) is 12.6 Å². The van der Waals surface area contributed by atoms with Crippen LogP contribution < -0.4 is 5.32 Å². The summed E-state index contributed by atoms with van der Waals surface area (Å²) in [5.41, 5.74) is 0. The number of urea groups is 1. The standard InChI is InChI=1S/C13H18F3N3O4/c14-13(15,16)7-19-4-1-2-9(10(19)20)17-12(23)18-5-3-8(6-18)11(21)22/h8-9H,1-7H2,(H,17,23)(H,21,22). The molecule has 0 aromatic carbocycles. The maximum atomic E-state index is 12.4. The van der Waals surface area contributed by atoms with Crippen molar-refractivity contribution in [3.05, 3.63) is 0 Å². The normalized spacial score (nSPS) is 25.6. The highest BCUT2D eigenvalue weighted by Crippen LogP contribution is 2.21.